The molecule has 0 radical (unpaired) electrons. The Morgan fingerprint density at radius 2 is 1.94 bits per heavy atom. The summed E-state index contributed by atoms with van der Waals surface area (Å²) < 4.78 is 2.34. The predicted octanol–water partition coefficient (Wildman–Crippen LogP) is 3.03. The van der Waals surface area contributed by atoms with Crippen LogP contribution in [0.4, 0.5) is 0 Å². The molecule has 1 rings (SSSR count). The van der Waals surface area contributed by atoms with Crippen LogP contribution in [0.1, 0.15) is 39.5 Å². The van der Waals surface area contributed by atoms with Crippen molar-refractivity contribution >= 4 is 19.7 Å². The first-order chi connectivity index (χ1) is 7.42. The summed E-state index contributed by atoms with van der Waals surface area (Å²) in [4.78, 5) is 10.9. The Hall–Kier alpha value is -0.643. The lowest BCUT2D eigenvalue weighted by Gasteiger charge is -2.39. The van der Waals surface area contributed by atoms with Gasteiger partial charge in [-0.1, -0.05) is 19.5 Å². The average molecular weight is 240 g/mol. The van der Waals surface area contributed by atoms with Gasteiger partial charge in [0.05, 0.1) is 0 Å². The molecule has 3 nitrogen and oxygen atoms in total. The Morgan fingerprint density at radius 3 is 2.50 bits per heavy atom. The second kappa shape index (κ2) is 5.62. The maximum absolute atomic E-state index is 10.9. The summed E-state index contributed by atoms with van der Waals surface area (Å²) >= 11 is 0. The van der Waals surface area contributed by atoms with Crippen LogP contribution >= 0.6 is 0 Å². The highest BCUT2D eigenvalue weighted by Gasteiger charge is 2.31. The third-order valence-corrected chi connectivity index (χ3v) is 6.54. The molecule has 1 aliphatic rings. The number of ketones is 1. The van der Waals surface area contributed by atoms with Gasteiger partial charge in [0.2, 0.25) is 0 Å². The van der Waals surface area contributed by atoms with Crippen LogP contribution in [0.3, 0.4) is 0 Å². The summed E-state index contributed by atoms with van der Waals surface area (Å²) in [6, 6.07) is 1.34. The van der Waals surface area contributed by atoms with Gasteiger partial charge in [-0.15, -0.1) is 0 Å². The summed E-state index contributed by atoms with van der Waals surface area (Å²) in [7, 11) is -1.28. The fraction of sp³-hybridized carbons (Fsp3) is 0.833. The zero-order chi connectivity index (χ0) is 12.2. The largest absolute Gasteiger partial charge is 0.324 e. The molecule has 0 spiro atoms. The minimum atomic E-state index is -1.28. The van der Waals surface area contributed by atoms with Crippen LogP contribution in [0.15, 0.2) is 5.10 Å². The molecule has 1 heterocycles. The predicted molar refractivity (Wildman–Crippen MR) is 71.3 cm³/mol. The Kier molecular flexibility index (Phi) is 4.71. The third kappa shape index (κ3) is 4.08. The average Bonchev–Trinajstić information content (AvgIpc) is 2.18. The maximum atomic E-state index is 10.9. The van der Waals surface area contributed by atoms with Crippen molar-refractivity contribution in [2.24, 2.45) is 5.10 Å². The Labute approximate surface area is 100.0 Å². The van der Waals surface area contributed by atoms with E-state index in [0.717, 1.165) is 18.7 Å². The van der Waals surface area contributed by atoms with E-state index >= 15 is 0 Å². The summed E-state index contributed by atoms with van der Waals surface area (Å²) in [5.41, 5.74) is 1.11. The van der Waals surface area contributed by atoms with Crippen molar-refractivity contribution in [3.05, 3.63) is 0 Å². The van der Waals surface area contributed by atoms with Gasteiger partial charge in [0.1, 0.15) is 5.78 Å². The van der Waals surface area contributed by atoms with Gasteiger partial charge in [0.15, 0.2) is 8.24 Å². The van der Waals surface area contributed by atoms with E-state index in [1.807, 2.05) is 6.92 Å². The standard InChI is InChI=1S/C12H24N2OSi/c1-11(7-8-12(2)15)13-14-9-5-6-10-16(14,3)4/h5-10H2,1-4H3. The summed E-state index contributed by atoms with van der Waals surface area (Å²) in [6.45, 7) is 9.56. The first-order valence-corrected chi connectivity index (χ1v) is 9.38. The number of nitrogens with zero attached hydrogens (tertiary/aromatic N) is 2. The Balaban J connectivity index is 2.55. The van der Waals surface area contributed by atoms with Crippen molar-refractivity contribution in [2.45, 2.75) is 58.7 Å². The quantitative estimate of drug-likeness (QED) is 0.559. The van der Waals surface area contributed by atoms with Crippen LogP contribution in [0.2, 0.25) is 19.1 Å². The first kappa shape index (κ1) is 13.4. The highest BCUT2D eigenvalue weighted by molar-refractivity contribution is 6.74. The third-order valence-electron chi connectivity index (χ3n) is 3.24. The van der Waals surface area contributed by atoms with Crippen molar-refractivity contribution in [1.82, 2.24) is 4.67 Å². The molecule has 0 aliphatic carbocycles. The van der Waals surface area contributed by atoms with E-state index in [2.05, 4.69) is 17.8 Å². The Morgan fingerprint density at radius 1 is 1.25 bits per heavy atom. The second-order valence-electron chi connectivity index (χ2n) is 5.43. The van der Waals surface area contributed by atoms with E-state index < -0.39 is 8.24 Å². The van der Waals surface area contributed by atoms with Gasteiger partial charge in [-0.05, 0) is 32.7 Å². The zero-order valence-corrected chi connectivity index (χ0v) is 12.0. The molecule has 16 heavy (non-hydrogen) atoms. The van der Waals surface area contributed by atoms with E-state index in [0.29, 0.717) is 6.42 Å². The van der Waals surface area contributed by atoms with E-state index in [1.165, 1.54) is 18.9 Å². The lowest BCUT2D eigenvalue weighted by molar-refractivity contribution is -0.116. The van der Waals surface area contributed by atoms with E-state index in [4.69, 9.17) is 5.10 Å². The molecule has 1 aliphatic heterocycles. The molecule has 1 saturated heterocycles. The number of hydrogen-bond acceptors (Lipinski definition) is 3. The molecule has 92 valence electrons. The van der Waals surface area contributed by atoms with Gasteiger partial charge in [0.25, 0.3) is 0 Å². The molecule has 0 N–H and O–H groups in total. The molecular weight excluding hydrogens is 216 g/mol. The van der Waals surface area contributed by atoms with E-state index in [9.17, 15) is 4.79 Å². The first-order valence-electron chi connectivity index (χ1n) is 6.23. The van der Waals surface area contributed by atoms with Crippen molar-refractivity contribution in [2.75, 3.05) is 6.54 Å². The zero-order valence-electron chi connectivity index (χ0n) is 11.0. The number of carbonyl (C=O) groups excluding carboxylic acids is 1. The fourth-order valence-corrected chi connectivity index (χ4v) is 4.63. The molecule has 0 aromatic rings. The smallest absolute Gasteiger partial charge is 0.172 e. The highest BCUT2D eigenvalue weighted by atomic mass is 28.3. The van der Waals surface area contributed by atoms with Gasteiger partial charge in [-0.25, -0.2) is 0 Å². The fourth-order valence-electron chi connectivity index (χ4n) is 2.05. The molecule has 0 saturated carbocycles. The number of Topliss-reactive ketones (excluding diaryl/α,β-unsaturated/α-hetero) is 1. The van der Waals surface area contributed by atoms with Crippen molar-refractivity contribution in [3.63, 3.8) is 0 Å². The molecule has 0 amide bonds. The van der Waals surface area contributed by atoms with Gasteiger partial charge < -0.3 is 9.47 Å². The van der Waals surface area contributed by atoms with Crippen LogP contribution in [0.25, 0.3) is 0 Å². The summed E-state index contributed by atoms with van der Waals surface area (Å²) in [5, 5.41) is 4.72. The molecule has 0 bridgehead atoms. The van der Waals surface area contributed by atoms with Gasteiger partial charge in [0, 0.05) is 18.7 Å². The summed E-state index contributed by atoms with van der Waals surface area (Å²) in [5.74, 6) is 0.254. The molecule has 0 aromatic heterocycles. The number of hydrazone groups is 1. The monoisotopic (exact) mass is 240 g/mol. The number of rotatable bonds is 4. The second-order valence-corrected chi connectivity index (χ2v) is 10.1. The maximum Gasteiger partial charge on any atom is 0.172 e. The molecule has 0 unspecified atom stereocenters. The SMILES string of the molecule is CC(=O)CCC(C)=NN1CCCC[Si]1(C)C. The van der Waals surface area contributed by atoms with Crippen molar-refractivity contribution < 1.29 is 4.79 Å². The highest BCUT2D eigenvalue weighted by Crippen LogP contribution is 2.25. The normalized spacial score (nSPS) is 21.0. The van der Waals surface area contributed by atoms with Gasteiger partial charge in [-0.2, -0.15) is 5.10 Å². The van der Waals surface area contributed by atoms with E-state index in [1.54, 1.807) is 6.92 Å². The molecule has 1 fully saturated rings. The van der Waals surface area contributed by atoms with Gasteiger partial charge in [-0.3, -0.25) is 0 Å². The van der Waals surface area contributed by atoms with Crippen LogP contribution in [-0.4, -0.2) is 30.9 Å². The lowest BCUT2D eigenvalue weighted by Crippen LogP contribution is -2.48. The number of hydrogen-bond donors (Lipinski definition) is 0. The van der Waals surface area contributed by atoms with E-state index in [-0.39, 0.29) is 5.78 Å². The van der Waals surface area contributed by atoms with Crippen LogP contribution in [0.5, 0.6) is 0 Å². The molecule has 4 heteroatoms. The molecule has 0 atom stereocenters. The number of carbonyl (C=O) groups is 1. The topological polar surface area (TPSA) is 32.7 Å². The van der Waals surface area contributed by atoms with Crippen LogP contribution in [-0.2, 0) is 4.79 Å². The van der Waals surface area contributed by atoms with Crippen molar-refractivity contribution in [3.8, 4) is 0 Å². The summed E-state index contributed by atoms with van der Waals surface area (Å²) in [6.07, 6.45) is 4.07. The lowest BCUT2D eigenvalue weighted by atomic mass is 10.2. The van der Waals surface area contributed by atoms with Gasteiger partial charge >= 0.3 is 0 Å². The minimum Gasteiger partial charge on any atom is -0.324 e. The minimum absolute atomic E-state index is 0.254. The van der Waals surface area contributed by atoms with Crippen LogP contribution in [0, 0.1) is 0 Å². The Bertz CT molecular complexity index is 287. The van der Waals surface area contributed by atoms with Crippen LogP contribution < -0.4 is 0 Å². The van der Waals surface area contributed by atoms with Crippen molar-refractivity contribution in [1.29, 1.82) is 0 Å². The molecular formula is C12H24N2OSi. The molecule has 0 aromatic carbocycles.